The molecule has 2 heteroatoms. The lowest BCUT2D eigenvalue weighted by Gasteiger charge is -2.03. The maximum absolute atomic E-state index is 4.24. The summed E-state index contributed by atoms with van der Waals surface area (Å²) in [6, 6.07) is 12.4. The molecule has 2 rings (SSSR count). The molecule has 0 aliphatic rings. The largest absolute Gasteiger partial charge is 0.238 e. The van der Waals surface area contributed by atoms with Gasteiger partial charge in [0.2, 0.25) is 11.9 Å². The zero-order chi connectivity index (χ0) is 10.7. The van der Waals surface area contributed by atoms with Crippen LogP contribution in [0, 0.1) is 0 Å². The summed E-state index contributed by atoms with van der Waals surface area (Å²) in [5.74, 6) is 0.577. The first-order valence-corrected chi connectivity index (χ1v) is 5.20. The number of hydrogen-bond donors (Lipinski definition) is 0. The van der Waals surface area contributed by atoms with Gasteiger partial charge in [-0.15, -0.1) is 0 Å². The molecule has 0 N–H and O–H groups in total. The summed E-state index contributed by atoms with van der Waals surface area (Å²) >= 11 is 0. The lowest BCUT2D eigenvalue weighted by Crippen LogP contribution is -2.33. The van der Waals surface area contributed by atoms with Crippen molar-refractivity contribution < 1.29 is 4.68 Å². The lowest BCUT2D eigenvalue weighted by atomic mass is 10.0. The van der Waals surface area contributed by atoms with Crippen LogP contribution in [0.3, 0.4) is 0 Å². The zero-order valence-electron chi connectivity index (χ0n) is 9.09. The maximum atomic E-state index is 4.24. The van der Waals surface area contributed by atoms with Crippen LogP contribution in [0.1, 0.15) is 25.3 Å². The second-order valence-electron chi connectivity index (χ2n) is 3.89. The first-order valence-electron chi connectivity index (χ1n) is 5.20. The van der Waals surface area contributed by atoms with E-state index in [1.165, 1.54) is 5.56 Å². The van der Waals surface area contributed by atoms with Gasteiger partial charge in [0.15, 0.2) is 0 Å². The third-order valence-corrected chi connectivity index (χ3v) is 2.44. The van der Waals surface area contributed by atoms with E-state index in [4.69, 9.17) is 0 Å². The predicted octanol–water partition coefficient (Wildman–Crippen LogP) is 2.48. The molecule has 0 aliphatic carbocycles. The van der Waals surface area contributed by atoms with Gasteiger partial charge in [0.25, 0.3) is 0 Å². The molecule has 0 bridgehead atoms. The number of rotatable bonds is 2. The Bertz CT molecular complexity index is 418. The van der Waals surface area contributed by atoms with Crippen molar-refractivity contribution in [2.24, 2.45) is 0 Å². The van der Waals surface area contributed by atoms with Crippen molar-refractivity contribution >= 4 is 0 Å². The summed E-state index contributed by atoms with van der Waals surface area (Å²) in [6.45, 7) is 4.39. The molecule has 2 aromatic rings. The van der Waals surface area contributed by atoms with Crippen LogP contribution >= 0.6 is 0 Å². The van der Waals surface area contributed by atoms with E-state index in [1.54, 1.807) is 6.20 Å². The van der Waals surface area contributed by atoms with Crippen LogP contribution in [-0.4, -0.2) is 5.10 Å². The van der Waals surface area contributed by atoms with Crippen molar-refractivity contribution in [1.29, 1.82) is 0 Å². The monoisotopic (exact) mass is 199 g/mol. The fourth-order valence-corrected chi connectivity index (χ4v) is 1.49. The fraction of sp³-hybridized carbons (Fsp3) is 0.231. The minimum Gasteiger partial charge on any atom is -0.0587 e. The van der Waals surface area contributed by atoms with Gasteiger partial charge in [0.05, 0.1) is 6.20 Å². The molecule has 1 aromatic carbocycles. The van der Waals surface area contributed by atoms with E-state index in [0.717, 1.165) is 5.69 Å². The van der Waals surface area contributed by atoms with Gasteiger partial charge in [0.1, 0.15) is 0 Å². The van der Waals surface area contributed by atoms with E-state index in [1.807, 2.05) is 23.0 Å². The highest BCUT2D eigenvalue weighted by atomic mass is 15.2. The van der Waals surface area contributed by atoms with Crippen LogP contribution in [0.2, 0.25) is 0 Å². The van der Waals surface area contributed by atoms with Gasteiger partial charge in [-0.3, -0.25) is 0 Å². The smallest absolute Gasteiger partial charge is 0.0587 e. The van der Waals surface area contributed by atoms with E-state index in [9.17, 15) is 0 Å². The van der Waals surface area contributed by atoms with Crippen molar-refractivity contribution in [3.8, 4) is 5.69 Å². The van der Waals surface area contributed by atoms with Crippen LogP contribution < -0.4 is 4.68 Å². The van der Waals surface area contributed by atoms with Gasteiger partial charge in [-0.1, -0.05) is 30.7 Å². The molecule has 0 unspecified atom stereocenters. The Morgan fingerprint density at radius 3 is 2.33 bits per heavy atom. The summed E-state index contributed by atoms with van der Waals surface area (Å²) in [6.07, 6.45) is 3.74. The van der Waals surface area contributed by atoms with E-state index < -0.39 is 0 Å². The Morgan fingerprint density at radius 2 is 1.80 bits per heavy atom. The van der Waals surface area contributed by atoms with Crippen molar-refractivity contribution in [1.82, 2.24) is 5.10 Å². The van der Waals surface area contributed by atoms with Gasteiger partial charge in [-0.25, -0.2) is 0 Å². The molecule has 2 nitrogen and oxygen atoms in total. The Morgan fingerprint density at radius 1 is 1.07 bits per heavy atom. The summed E-state index contributed by atoms with van der Waals surface area (Å²) in [4.78, 5) is 0. The average molecular weight is 199 g/mol. The predicted molar refractivity (Wildman–Crippen MR) is 59.9 cm³/mol. The van der Waals surface area contributed by atoms with Crippen molar-refractivity contribution in [2.45, 2.75) is 19.8 Å². The quantitative estimate of drug-likeness (QED) is 0.679. The summed E-state index contributed by atoms with van der Waals surface area (Å²) in [5, 5.41) is 4.24. The Kier molecular flexibility index (Phi) is 2.77. The molecule has 0 atom stereocenters. The fourth-order valence-electron chi connectivity index (χ4n) is 1.49. The maximum Gasteiger partial charge on any atom is 0.238 e. The van der Waals surface area contributed by atoms with Gasteiger partial charge >= 0.3 is 0 Å². The van der Waals surface area contributed by atoms with E-state index in [-0.39, 0.29) is 0 Å². The van der Waals surface area contributed by atoms with Gasteiger partial charge in [0, 0.05) is 18.2 Å². The van der Waals surface area contributed by atoms with E-state index in [2.05, 4.69) is 43.2 Å². The van der Waals surface area contributed by atoms with Gasteiger partial charge in [-0.2, -0.15) is 0 Å². The molecule has 0 fully saturated rings. The summed E-state index contributed by atoms with van der Waals surface area (Å²) < 4.78 is 1.87. The highest BCUT2D eigenvalue weighted by molar-refractivity contribution is 5.28. The normalized spacial score (nSPS) is 10.6. The zero-order valence-corrected chi connectivity index (χ0v) is 9.09. The molecule has 15 heavy (non-hydrogen) atoms. The third-order valence-electron chi connectivity index (χ3n) is 2.44. The molecule has 1 aromatic heterocycles. The Balaban J connectivity index is 2.32. The van der Waals surface area contributed by atoms with Gasteiger partial charge < -0.3 is 0 Å². The van der Waals surface area contributed by atoms with Crippen molar-refractivity contribution in [2.75, 3.05) is 0 Å². The molecule has 76 valence electrons. The molecule has 1 heterocycles. The van der Waals surface area contributed by atoms with Gasteiger partial charge in [-0.05, 0) is 22.6 Å². The SMILES string of the molecule is CC(C)c1ccc(-[n+]2ccccn2)cc1. The molecule has 0 radical (unpaired) electrons. The first kappa shape index (κ1) is 9.84. The van der Waals surface area contributed by atoms with Crippen LogP contribution in [-0.2, 0) is 0 Å². The van der Waals surface area contributed by atoms with E-state index in [0.29, 0.717) is 5.92 Å². The van der Waals surface area contributed by atoms with Crippen molar-refractivity contribution in [3.63, 3.8) is 0 Å². The van der Waals surface area contributed by atoms with E-state index >= 15 is 0 Å². The van der Waals surface area contributed by atoms with Crippen LogP contribution in [0.15, 0.2) is 48.8 Å². The number of benzene rings is 1. The molecular formula is C13H15N2+. The van der Waals surface area contributed by atoms with Crippen LogP contribution in [0.25, 0.3) is 5.69 Å². The van der Waals surface area contributed by atoms with Crippen molar-refractivity contribution in [3.05, 3.63) is 54.4 Å². The Labute approximate surface area is 90.2 Å². The van der Waals surface area contributed by atoms with Crippen LogP contribution in [0.4, 0.5) is 0 Å². The number of hydrogen-bond acceptors (Lipinski definition) is 1. The second kappa shape index (κ2) is 4.22. The average Bonchev–Trinajstić information content (AvgIpc) is 2.30. The highest BCUT2D eigenvalue weighted by Gasteiger charge is 2.06. The number of nitrogens with zero attached hydrogens (tertiary/aromatic N) is 2. The summed E-state index contributed by atoms with van der Waals surface area (Å²) in [7, 11) is 0. The topological polar surface area (TPSA) is 16.8 Å². The highest BCUT2D eigenvalue weighted by Crippen LogP contribution is 2.14. The third kappa shape index (κ3) is 2.21. The molecule has 0 spiro atoms. The minimum absolute atomic E-state index is 0.577. The lowest BCUT2D eigenvalue weighted by molar-refractivity contribution is -0.659. The minimum atomic E-state index is 0.577. The first-order chi connectivity index (χ1) is 7.27. The Hall–Kier alpha value is -1.70. The summed E-state index contributed by atoms with van der Waals surface area (Å²) in [5.41, 5.74) is 2.45. The van der Waals surface area contributed by atoms with Crippen LogP contribution in [0.5, 0.6) is 0 Å². The molecule has 0 saturated heterocycles. The second-order valence-corrected chi connectivity index (χ2v) is 3.89. The molecule has 0 amide bonds. The molecular weight excluding hydrogens is 184 g/mol. The molecule has 0 saturated carbocycles. The number of aromatic nitrogens is 2. The molecule has 0 aliphatic heterocycles. The standard InChI is InChI=1S/C13H15N2/c1-11(2)12-5-7-13(8-6-12)15-10-4-3-9-14-15/h3-11H,1-2H3/q+1.